The molecule has 1 saturated heterocycles. The van der Waals surface area contributed by atoms with Gasteiger partial charge in [0.1, 0.15) is 0 Å². The first-order valence-corrected chi connectivity index (χ1v) is 6.21. The molecule has 0 radical (unpaired) electrons. The molecular weight excluding hydrogens is 292 g/mol. The molecule has 17 heavy (non-hydrogen) atoms. The van der Waals surface area contributed by atoms with Crippen LogP contribution in [-0.4, -0.2) is 17.4 Å². The van der Waals surface area contributed by atoms with Crippen molar-refractivity contribution in [2.24, 2.45) is 0 Å². The smallest absolute Gasteiger partial charge is 0.264 e. The number of hydrogen-bond donors (Lipinski definition) is 0. The van der Waals surface area contributed by atoms with Crippen molar-refractivity contribution in [2.75, 3.05) is 6.54 Å². The Labute approximate surface area is 107 Å². The predicted molar refractivity (Wildman–Crippen MR) is 63.8 cm³/mol. The summed E-state index contributed by atoms with van der Waals surface area (Å²) < 4.78 is 25.5. The molecule has 0 spiro atoms. The molecule has 92 valence electrons. The van der Waals surface area contributed by atoms with Crippen molar-refractivity contribution in [3.8, 4) is 0 Å². The third-order valence-electron chi connectivity index (χ3n) is 2.84. The second kappa shape index (κ2) is 5.12. The van der Waals surface area contributed by atoms with Crippen LogP contribution in [0.2, 0.25) is 0 Å². The molecule has 0 N–H and O–H groups in total. The van der Waals surface area contributed by atoms with Gasteiger partial charge in [0.15, 0.2) is 0 Å². The number of likely N-dealkylation sites (tertiary alicyclic amines) is 1. The van der Waals surface area contributed by atoms with Gasteiger partial charge < -0.3 is 4.90 Å². The summed E-state index contributed by atoms with van der Waals surface area (Å²) in [5.41, 5.74) is 0.859. The minimum atomic E-state index is -2.48. The van der Waals surface area contributed by atoms with Crippen molar-refractivity contribution in [3.05, 3.63) is 33.8 Å². The van der Waals surface area contributed by atoms with E-state index in [2.05, 4.69) is 15.9 Å². The highest BCUT2D eigenvalue weighted by Gasteiger charge is 2.20. The van der Waals surface area contributed by atoms with Crippen LogP contribution in [0.1, 0.15) is 30.4 Å². The molecule has 1 aromatic rings. The Kier molecular flexibility index (Phi) is 3.76. The van der Waals surface area contributed by atoms with Gasteiger partial charge in [-0.2, -0.15) is 0 Å². The maximum absolute atomic E-state index is 12.5. The fourth-order valence-electron chi connectivity index (χ4n) is 1.94. The number of carbonyl (C=O) groups excluding carboxylic acids is 1. The summed E-state index contributed by atoms with van der Waals surface area (Å²) in [6.07, 6.45) is -1.00. The average molecular weight is 304 g/mol. The third-order valence-corrected chi connectivity index (χ3v) is 3.53. The quantitative estimate of drug-likeness (QED) is 0.837. The molecule has 5 heteroatoms. The van der Waals surface area contributed by atoms with E-state index in [0.717, 1.165) is 18.5 Å². The number of halogens is 3. The van der Waals surface area contributed by atoms with Crippen LogP contribution in [0.15, 0.2) is 22.7 Å². The minimum Gasteiger partial charge on any atom is -0.338 e. The molecule has 1 fully saturated rings. The van der Waals surface area contributed by atoms with Gasteiger partial charge in [-0.3, -0.25) is 4.79 Å². The van der Waals surface area contributed by atoms with Crippen LogP contribution in [-0.2, 0) is 11.3 Å². The standard InChI is InChI=1S/C12H12BrF2NO/c13-10-6-8(3-4-9(10)12(14)15)7-16-5-1-2-11(16)17/h3-4,6,12H,1-2,5,7H2. The first-order chi connectivity index (χ1) is 8.08. The van der Waals surface area contributed by atoms with E-state index in [9.17, 15) is 13.6 Å². The Morgan fingerprint density at radius 1 is 1.41 bits per heavy atom. The highest BCUT2D eigenvalue weighted by Crippen LogP contribution is 2.28. The first kappa shape index (κ1) is 12.5. The van der Waals surface area contributed by atoms with Gasteiger partial charge in [-0.15, -0.1) is 0 Å². The minimum absolute atomic E-state index is 0.0125. The van der Waals surface area contributed by atoms with Crippen molar-refractivity contribution in [2.45, 2.75) is 25.8 Å². The molecule has 0 bridgehead atoms. The van der Waals surface area contributed by atoms with Gasteiger partial charge in [0, 0.05) is 29.5 Å². The zero-order valence-corrected chi connectivity index (χ0v) is 10.7. The van der Waals surface area contributed by atoms with Gasteiger partial charge in [0.25, 0.3) is 6.43 Å². The summed E-state index contributed by atoms with van der Waals surface area (Å²) >= 11 is 3.13. The Morgan fingerprint density at radius 3 is 2.71 bits per heavy atom. The van der Waals surface area contributed by atoms with Gasteiger partial charge in [-0.1, -0.05) is 28.1 Å². The van der Waals surface area contributed by atoms with Crippen LogP contribution in [0, 0.1) is 0 Å². The van der Waals surface area contributed by atoms with Gasteiger partial charge in [-0.05, 0) is 18.1 Å². The van der Waals surface area contributed by atoms with E-state index in [1.165, 1.54) is 6.07 Å². The largest absolute Gasteiger partial charge is 0.338 e. The molecule has 2 nitrogen and oxygen atoms in total. The molecule has 1 amide bonds. The molecule has 0 atom stereocenters. The van der Waals surface area contributed by atoms with E-state index in [-0.39, 0.29) is 11.5 Å². The zero-order chi connectivity index (χ0) is 12.4. The summed E-state index contributed by atoms with van der Waals surface area (Å²) in [5.74, 6) is 0.138. The summed E-state index contributed by atoms with van der Waals surface area (Å²) in [6.45, 7) is 1.26. The molecule has 1 heterocycles. The number of carbonyl (C=O) groups is 1. The monoisotopic (exact) mass is 303 g/mol. The van der Waals surface area contributed by atoms with E-state index in [0.29, 0.717) is 17.4 Å². The molecule has 1 aliphatic rings. The Morgan fingerprint density at radius 2 is 2.18 bits per heavy atom. The van der Waals surface area contributed by atoms with E-state index in [4.69, 9.17) is 0 Å². The number of rotatable bonds is 3. The molecule has 0 saturated carbocycles. The van der Waals surface area contributed by atoms with E-state index >= 15 is 0 Å². The second-order valence-electron chi connectivity index (χ2n) is 4.08. The fraction of sp³-hybridized carbons (Fsp3) is 0.417. The Bertz CT molecular complexity index is 437. The number of benzene rings is 1. The Hall–Kier alpha value is -0.970. The highest BCUT2D eigenvalue weighted by atomic mass is 79.9. The van der Waals surface area contributed by atoms with E-state index in [1.54, 1.807) is 17.0 Å². The molecule has 1 aliphatic heterocycles. The molecule has 2 rings (SSSR count). The lowest BCUT2D eigenvalue weighted by molar-refractivity contribution is -0.128. The highest BCUT2D eigenvalue weighted by molar-refractivity contribution is 9.10. The zero-order valence-electron chi connectivity index (χ0n) is 9.13. The van der Waals surface area contributed by atoms with Crippen molar-refractivity contribution in [1.29, 1.82) is 0 Å². The van der Waals surface area contributed by atoms with Crippen molar-refractivity contribution in [3.63, 3.8) is 0 Å². The maximum atomic E-state index is 12.5. The molecule has 0 aromatic heterocycles. The normalized spacial score (nSPS) is 16.0. The number of alkyl halides is 2. The molecule has 1 aromatic carbocycles. The van der Waals surface area contributed by atoms with Crippen LogP contribution < -0.4 is 0 Å². The number of hydrogen-bond acceptors (Lipinski definition) is 1. The van der Waals surface area contributed by atoms with Crippen molar-refractivity contribution in [1.82, 2.24) is 4.90 Å². The summed E-state index contributed by atoms with van der Waals surface area (Å²) in [7, 11) is 0. The fourth-order valence-corrected chi connectivity index (χ4v) is 2.54. The van der Waals surface area contributed by atoms with Crippen LogP contribution >= 0.6 is 15.9 Å². The maximum Gasteiger partial charge on any atom is 0.264 e. The summed E-state index contributed by atoms with van der Waals surface area (Å²) in [4.78, 5) is 13.2. The lowest BCUT2D eigenvalue weighted by Crippen LogP contribution is -2.23. The molecule has 0 unspecified atom stereocenters. The molecule has 0 aliphatic carbocycles. The number of amides is 1. The lowest BCUT2D eigenvalue weighted by Gasteiger charge is -2.16. The number of nitrogens with zero attached hydrogens (tertiary/aromatic N) is 1. The average Bonchev–Trinajstić information content (AvgIpc) is 2.64. The SMILES string of the molecule is O=C1CCCN1Cc1ccc(C(F)F)c(Br)c1. The van der Waals surface area contributed by atoms with Crippen LogP contribution in [0.25, 0.3) is 0 Å². The molecular formula is C12H12BrF2NO. The lowest BCUT2D eigenvalue weighted by atomic mass is 10.1. The van der Waals surface area contributed by atoms with Gasteiger partial charge >= 0.3 is 0 Å². The topological polar surface area (TPSA) is 20.3 Å². The van der Waals surface area contributed by atoms with Crippen LogP contribution in [0.5, 0.6) is 0 Å². The predicted octanol–water partition coefficient (Wildman–Crippen LogP) is 3.51. The van der Waals surface area contributed by atoms with Gasteiger partial charge in [-0.25, -0.2) is 8.78 Å². The third kappa shape index (κ3) is 2.83. The van der Waals surface area contributed by atoms with Crippen molar-refractivity contribution >= 4 is 21.8 Å². The summed E-state index contributed by atoms with van der Waals surface area (Å²) in [5, 5.41) is 0. The first-order valence-electron chi connectivity index (χ1n) is 5.42. The Balaban J connectivity index is 2.12. The summed E-state index contributed by atoms with van der Waals surface area (Å²) in [6, 6.07) is 4.72. The van der Waals surface area contributed by atoms with E-state index < -0.39 is 6.43 Å². The second-order valence-corrected chi connectivity index (χ2v) is 4.93. The van der Waals surface area contributed by atoms with Crippen molar-refractivity contribution < 1.29 is 13.6 Å². The van der Waals surface area contributed by atoms with E-state index in [1.807, 2.05) is 0 Å². The van der Waals surface area contributed by atoms with Gasteiger partial charge in [0.2, 0.25) is 5.91 Å². The van der Waals surface area contributed by atoms with Crippen LogP contribution in [0.4, 0.5) is 8.78 Å². The van der Waals surface area contributed by atoms with Gasteiger partial charge in [0.05, 0.1) is 0 Å². The van der Waals surface area contributed by atoms with Crippen LogP contribution in [0.3, 0.4) is 0 Å².